The van der Waals surface area contributed by atoms with E-state index in [4.69, 9.17) is 18.9 Å². The number of rotatable bonds is 14. The van der Waals surface area contributed by atoms with Crippen molar-refractivity contribution >= 4 is 11.8 Å². The third-order valence-electron chi connectivity index (χ3n) is 8.22. The number of anilines is 1. The Morgan fingerprint density at radius 1 is 1.04 bits per heavy atom. The van der Waals surface area contributed by atoms with E-state index in [1.807, 2.05) is 24.3 Å². The van der Waals surface area contributed by atoms with Gasteiger partial charge < -0.3 is 39.2 Å². The number of benzene rings is 3. The summed E-state index contributed by atoms with van der Waals surface area (Å²) in [7, 11) is 1.71. The van der Waals surface area contributed by atoms with Crippen molar-refractivity contribution in [3.05, 3.63) is 89.0 Å². The molecule has 11 heteroatoms. The molecule has 0 spiro atoms. The minimum absolute atomic E-state index is 0.0451. The van der Waals surface area contributed by atoms with Crippen LogP contribution >= 0.6 is 0 Å². The number of halogens is 2. The van der Waals surface area contributed by atoms with Crippen LogP contribution in [0, 0.1) is 11.6 Å². The minimum Gasteiger partial charge on any atom is -0.490 e. The molecule has 3 aromatic rings. The van der Waals surface area contributed by atoms with E-state index < -0.39 is 17.7 Å². The number of amides is 1. The number of carbonyl (C=O) groups is 1. The summed E-state index contributed by atoms with van der Waals surface area (Å²) in [6, 6.07) is 17.4. The first-order valence-electron chi connectivity index (χ1n) is 15.4. The Labute approximate surface area is 262 Å². The second-order valence-corrected chi connectivity index (χ2v) is 11.3. The van der Waals surface area contributed by atoms with Crippen LogP contribution in [0.4, 0.5) is 19.3 Å². The minimum atomic E-state index is -0.940. The number of nitrogens with zero attached hydrogens (tertiary/aromatic N) is 2. The van der Waals surface area contributed by atoms with Crippen LogP contribution in [0.1, 0.15) is 35.4 Å². The lowest BCUT2D eigenvalue weighted by Gasteiger charge is -2.37. The molecule has 242 valence electrons. The summed E-state index contributed by atoms with van der Waals surface area (Å²) in [5.41, 5.74) is 4.21. The van der Waals surface area contributed by atoms with Gasteiger partial charge in [0, 0.05) is 51.9 Å². The lowest BCUT2D eigenvalue weighted by Crippen LogP contribution is -2.46. The predicted octanol–water partition coefficient (Wildman–Crippen LogP) is 5.42. The van der Waals surface area contributed by atoms with Gasteiger partial charge in [-0.1, -0.05) is 30.3 Å². The van der Waals surface area contributed by atoms with E-state index in [0.717, 1.165) is 65.8 Å². The number of fused-ring (bicyclic) bond motifs is 1. The molecule has 2 unspecified atom stereocenters. The summed E-state index contributed by atoms with van der Waals surface area (Å²) in [6.45, 7) is 5.37. The molecule has 2 heterocycles. The van der Waals surface area contributed by atoms with E-state index in [1.165, 1.54) is 4.90 Å². The molecule has 0 aliphatic carbocycles. The largest absolute Gasteiger partial charge is 0.490 e. The quantitative estimate of drug-likeness (QED) is 0.230. The Morgan fingerprint density at radius 2 is 1.87 bits per heavy atom. The number of ether oxygens (including phenoxy) is 4. The van der Waals surface area contributed by atoms with E-state index in [1.54, 1.807) is 7.11 Å². The van der Waals surface area contributed by atoms with Gasteiger partial charge in [0.15, 0.2) is 11.6 Å². The van der Waals surface area contributed by atoms with Gasteiger partial charge in [-0.05, 0) is 53.8 Å². The highest BCUT2D eigenvalue weighted by molar-refractivity contribution is 5.65. The standard InChI is InChI=1S/C34H41F2N3O6/c1-42-16-2-13-38-15-18-44-31-10-5-25(19-30(31)38)23-45-33-22-39(34(40)41)14-11-28(33)26-6-3-24(4-7-26)21-37-12-17-43-32-20-27(35)8-9-29(32)36/h3-10,19-20,28,33,37H,2,11-18,21-23H2,1H3,(H,40,41). The second-order valence-electron chi connectivity index (χ2n) is 11.3. The lowest BCUT2D eigenvalue weighted by molar-refractivity contribution is -0.0199. The third-order valence-corrected chi connectivity index (χ3v) is 8.22. The van der Waals surface area contributed by atoms with Gasteiger partial charge >= 0.3 is 6.09 Å². The fourth-order valence-electron chi connectivity index (χ4n) is 5.82. The number of likely N-dealkylation sites (tertiary alicyclic amines) is 1. The maximum absolute atomic E-state index is 13.7. The average Bonchev–Trinajstić information content (AvgIpc) is 3.05. The van der Waals surface area contributed by atoms with Gasteiger partial charge in [0.05, 0.1) is 31.5 Å². The summed E-state index contributed by atoms with van der Waals surface area (Å²) in [5, 5.41) is 12.9. The molecule has 0 aromatic heterocycles. The van der Waals surface area contributed by atoms with Gasteiger partial charge in [-0.3, -0.25) is 0 Å². The van der Waals surface area contributed by atoms with Gasteiger partial charge in [0.1, 0.15) is 24.8 Å². The summed E-state index contributed by atoms with van der Waals surface area (Å²) in [6.07, 6.45) is 0.342. The Bertz CT molecular complexity index is 1410. The van der Waals surface area contributed by atoms with Gasteiger partial charge in [0.2, 0.25) is 0 Å². The average molecular weight is 626 g/mol. The zero-order valence-corrected chi connectivity index (χ0v) is 25.6. The first-order valence-corrected chi connectivity index (χ1v) is 15.4. The Balaban J connectivity index is 1.17. The molecule has 2 N–H and O–H groups in total. The Morgan fingerprint density at radius 3 is 2.67 bits per heavy atom. The first-order chi connectivity index (χ1) is 21.9. The highest BCUT2D eigenvalue weighted by atomic mass is 19.1. The molecule has 2 aliphatic heterocycles. The fourth-order valence-corrected chi connectivity index (χ4v) is 5.82. The van der Waals surface area contributed by atoms with Crippen LogP contribution in [0.3, 0.4) is 0 Å². The number of carboxylic acid groups (broad SMARTS) is 1. The van der Waals surface area contributed by atoms with Crippen LogP contribution in [0.25, 0.3) is 0 Å². The third kappa shape index (κ3) is 8.84. The van der Waals surface area contributed by atoms with E-state index in [9.17, 15) is 18.7 Å². The van der Waals surface area contributed by atoms with Crippen molar-refractivity contribution in [3.8, 4) is 11.5 Å². The molecule has 45 heavy (non-hydrogen) atoms. The molecule has 1 amide bonds. The first kappa shape index (κ1) is 32.5. The molecule has 1 saturated heterocycles. The van der Waals surface area contributed by atoms with Gasteiger partial charge in [0.25, 0.3) is 0 Å². The van der Waals surface area contributed by atoms with E-state index in [2.05, 4.69) is 28.4 Å². The molecular weight excluding hydrogens is 584 g/mol. The number of piperidine rings is 1. The molecule has 5 rings (SSSR count). The zero-order chi connectivity index (χ0) is 31.6. The van der Waals surface area contributed by atoms with E-state index >= 15 is 0 Å². The fraction of sp³-hybridized carbons (Fsp3) is 0.441. The summed E-state index contributed by atoms with van der Waals surface area (Å²) in [4.78, 5) is 15.6. The maximum Gasteiger partial charge on any atom is 0.407 e. The highest BCUT2D eigenvalue weighted by Crippen LogP contribution is 2.35. The van der Waals surface area contributed by atoms with Crippen LogP contribution in [-0.2, 0) is 22.6 Å². The maximum atomic E-state index is 13.7. The molecule has 3 aromatic carbocycles. The van der Waals surface area contributed by atoms with Crippen molar-refractivity contribution in [2.24, 2.45) is 0 Å². The number of hydrogen-bond acceptors (Lipinski definition) is 7. The zero-order valence-electron chi connectivity index (χ0n) is 25.6. The van der Waals surface area contributed by atoms with Crippen molar-refractivity contribution in [2.45, 2.75) is 38.0 Å². The number of nitrogens with one attached hydrogen (secondary N) is 1. The second kappa shape index (κ2) is 15.9. The van der Waals surface area contributed by atoms with Gasteiger partial charge in [-0.15, -0.1) is 0 Å². The predicted molar refractivity (Wildman–Crippen MR) is 166 cm³/mol. The smallest absolute Gasteiger partial charge is 0.407 e. The summed E-state index contributed by atoms with van der Waals surface area (Å²) < 4.78 is 49.9. The van der Waals surface area contributed by atoms with Crippen LogP contribution < -0.4 is 19.7 Å². The van der Waals surface area contributed by atoms with Gasteiger partial charge in [-0.2, -0.15) is 0 Å². The normalized spacial score (nSPS) is 17.9. The van der Waals surface area contributed by atoms with Crippen molar-refractivity contribution in [2.75, 3.05) is 64.6 Å². The number of methoxy groups -OCH3 is 1. The Hall–Kier alpha value is -3.93. The van der Waals surface area contributed by atoms with Crippen LogP contribution in [-0.4, -0.2) is 81.9 Å². The van der Waals surface area contributed by atoms with E-state index in [-0.39, 0.29) is 24.4 Å². The Kier molecular flexibility index (Phi) is 11.5. The van der Waals surface area contributed by atoms with Crippen molar-refractivity contribution in [3.63, 3.8) is 0 Å². The lowest BCUT2D eigenvalue weighted by atomic mass is 9.86. The SMILES string of the molecule is COCCCN1CCOc2ccc(COC3CN(C(=O)O)CCC3c3ccc(CNCCOc4cc(F)ccc4F)cc3)cc21. The molecule has 2 aliphatic rings. The van der Waals surface area contributed by atoms with E-state index in [0.29, 0.717) is 52.4 Å². The molecular formula is C34H41F2N3O6. The monoisotopic (exact) mass is 625 g/mol. The van der Waals surface area contributed by atoms with Crippen LogP contribution in [0.15, 0.2) is 60.7 Å². The van der Waals surface area contributed by atoms with Crippen molar-refractivity contribution in [1.29, 1.82) is 0 Å². The molecule has 9 nitrogen and oxygen atoms in total. The van der Waals surface area contributed by atoms with Gasteiger partial charge in [-0.25, -0.2) is 13.6 Å². The highest BCUT2D eigenvalue weighted by Gasteiger charge is 2.33. The molecule has 2 atom stereocenters. The molecule has 0 radical (unpaired) electrons. The van der Waals surface area contributed by atoms with Crippen LogP contribution in [0.5, 0.6) is 11.5 Å². The van der Waals surface area contributed by atoms with Crippen molar-refractivity contribution in [1.82, 2.24) is 10.2 Å². The number of hydrogen-bond donors (Lipinski definition) is 2. The molecule has 1 fully saturated rings. The van der Waals surface area contributed by atoms with Crippen LogP contribution in [0.2, 0.25) is 0 Å². The summed E-state index contributed by atoms with van der Waals surface area (Å²) in [5.74, 6) is -0.343. The van der Waals surface area contributed by atoms with Crippen molar-refractivity contribution < 1.29 is 37.6 Å². The topological polar surface area (TPSA) is 92.7 Å². The molecule has 0 saturated carbocycles. The molecule has 0 bridgehead atoms. The summed E-state index contributed by atoms with van der Waals surface area (Å²) >= 11 is 0.